The number of nitrogens with one attached hydrogen (secondary N) is 1. The van der Waals surface area contributed by atoms with Gasteiger partial charge >= 0.3 is 0 Å². The standard InChI is InChI=1S/C18H31N3O3/c1-7-9-10-21(3)18(19-8-2)20-13-14-11-15(22-4)17(24-6)16(12-14)23-5/h11-12H,7-10,13H2,1-6H3,(H,19,20). The molecule has 0 radical (unpaired) electrons. The molecule has 1 aromatic rings. The zero-order valence-corrected chi connectivity index (χ0v) is 15.8. The Morgan fingerprint density at radius 2 is 1.71 bits per heavy atom. The van der Waals surface area contributed by atoms with E-state index in [1.807, 2.05) is 12.1 Å². The molecule has 6 nitrogen and oxygen atoms in total. The van der Waals surface area contributed by atoms with Crippen molar-refractivity contribution in [1.29, 1.82) is 0 Å². The van der Waals surface area contributed by atoms with Crippen LogP contribution in [0.25, 0.3) is 0 Å². The monoisotopic (exact) mass is 337 g/mol. The maximum Gasteiger partial charge on any atom is 0.203 e. The number of benzene rings is 1. The van der Waals surface area contributed by atoms with Gasteiger partial charge < -0.3 is 24.4 Å². The lowest BCUT2D eigenvalue weighted by Crippen LogP contribution is -2.39. The summed E-state index contributed by atoms with van der Waals surface area (Å²) >= 11 is 0. The second-order valence-electron chi connectivity index (χ2n) is 5.48. The van der Waals surface area contributed by atoms with Crippen molar-refractivity contribution in [2.24, 2.45) is 4.99 Å². The molecule has 0 aliphatic carbocycles. The first kappa shape index (κ1) is 19.9. The largest absolute Gasteiger partial charge is 0.493 e. The Morgan fingerprint density at radius 1 is 1.08 bits per heavy atom. The minimum absolute atomic E-state index is 0.537. The van der Waals surface area contributed by atoms with Gasteiger partial charge in [0.2, 0.25) is 5.75 Å². The van der Waals surface area contributed by atoms with Crippen LogP contribution < -0.4 is 19.5 Å². The molecular weight excluding hydrogens is 306 g/mol. The van der Waals surface area contributed by atoms with Gasteiger partial charge in [0, 0.05) is 20.1 Å². The minimum Gasteiger partial charge on any atom is -0.493 e. The fourth-order valence-electron chi connectivity index (χ4n) is 2.36. The number of unbranched alkanes of at least 4 members (excludes halogenated alkanes) is 1. The Labute approximate surface area is 145 Å². The van der Waals surface area contributed by atoms with Crippen molar-refractivity contribution >= 4 is 5.96 Å². The third kappa shape index (κ3) is 5.51. The lowest BCUT2D eigenvalue weighted by molar-refractivity contribution is 0.324. The molecule has 6 heteroatoms. The molecule has 0 heterocycles. The van der Waals surface area contributed by atoms with Gasteiger partial charge in [0.05, 0.1) is 27.9 Å². The summed E-state index contributed by atoms with van der Waals surface area (Å²) < 4.78 is 16.1. The van der Waals surface area contributed by atoms with Gasteiger partial charge in [0.15, 0.2) is 17.5 Å². The lowest BCUT2D eigenvalue weighted by Gasteiger charge is -2.22. The highest BCUT2D eigenvalue weighted by atomic mass is 16.5. The molecule has 0 atom stereocenters. The zero-order valence-electron chi connectivity index (χ0n) is 15.8. The van der Waals surface area contributed by atoms with Crippen LogP contribution in [0, 0.1) is 0 Å². The van der Waals surface area contributed by atoms with Crippen LogP contribution in [0.3, 0.4) is 0 Å². The molecule has 0 spiro atoms. The van der Waals surface area contributed by atoms with Crippen molar-refractivity contribution in [2.45, 2.75) is 33.2 Å². The van der Waals surface area contributed by atoms with E-state index in [9.17, 15) is 0 Å². The normalized spacial score (nSPS) is 11.2. The number of aliphatic imine (C=N–C) groups is 1. The van der Waals surface area contributed by atoms with E-state index >= 15 is 0 Å². The highest BCUT2D eigenvalue weighted by molar-refractivity contribution is 5.79. The molecule has 1 aromatic carbocycles. The summed E-state index contributed by atoms with van der Waals surface area (Å²) in [4.78, 5) is 6.88. The topological polar surface area (TPSA) is 55.3 Å². The quantitative estimate of drug-likeness (QED) is 0.555. The molecule has 0 unspecified atom stereocenters. The minimum atomic E-state index is 0.537. The van der Waals surface area contributed by atoms with Crippen LogP contribution >= 0.6 is 0 Å². The van der Waals surface area contributed by atoms with Crippen LogP contribution in [0.4, 0.5) is 0 Å². The second kappa shape index (κ2) is 10.6. The van der Waals surface area contributed by atoms with Crippen molar-refractivity contribution in [2.75, 3.05) is 41.5 Å². The molecule has 1 N–H and O–H groups in total. The molecule has 0 amide bonds. The maximum atomic E-state index is 5.39. The maximum absolute atomic E-state index is 5.39. The molecule has 0 aliphatic rings. The summed E-state index contributed by atoms with van der Waals surface area (Å²) in [7, 11) is 6.90. The van der Waals surface area contributed by atoms with Crippen molar-refractivity contribution in [3.05, 3.63) is 17.7 Å². The first-order valence-corrected chi connectivity index (χ1v) is 8.39. The highest BCUT2D eigenvalue weighted by Gasteiger charge is 2.13. The predicted octanol–water partition coefficient (Wildman–Crippen LogP) is 2.91. The van der Waals surface area contributed by atoms with Crippen LogP contribution in [0.2, 0.25) is 0 Å². The lowest BCUT2D eigenvalue weighted by atomic mass is 10.2. The molecule has 24 heavy (non-hydrogen) atoms. The summed E-state index contributed by atoms with van der Waals surface area (Å²) in [6.45, 7) is 6.62. The number of nitrogens with zero attached hydrogens (tertiary/aromatic N) is 2. The van der Waals surface area contributed by atoms with Gasteiger partial charge in [-0.15, -0.1) is 0 Å². The van der Waals surface area contributed by atoms with E-state index in [1.165, 1.54) is 0 Å². The molecule has 0 fully saturated rings. The van der Waals surface area contributed by atoms with Crippen LogP contribution in [0.5, 0.6) is 17.2 Å². The number of guanidine groups is 1. The Bertz CT molecular complexity index is 507. The van der Waals surface area contributed by atoms with Crippen LogP contribution in [-0.2, 0) is 6.54 Å². The van der Waals surface area contributed by atoms with Crippen molar-refractivity contribution in [1.82, 2.24) is 10.2 Å². The predicted molar refractivity (Wildman–Crippen MR) is 98.5 cm³/mol. The molecule has 136 valence electrons. The van der Waals surface area contributed by atoms with E-state index < -0.39 is 0 Å². The Balaban J connectivity index is 2.99. The van der Waals surface area contributed by atoms with Crippen molar-refractivity contribution < 1.29 is 14.2 Å². The van der Waals surface area contributed by atoms with E-state index in [4.69, 9.17) is 19.2 Å². The van der Waals surface area contributed by atoms with Crippen LogP contribution in [-0.4, -0.2) is 52.3 Å². The SMILES string of the molecule is CCCCN(C)C(=NCc1cc(OC)c(OC)c(OC)c1)NCC. The molecule has 0 saturated carbocycles. The second-order valence-corrected chi connectivity index (χ2v) is 5.48. The fraction of sp³-hybridized carbons (Fsp3) is 0.611. The summed E-state index contributed by atoms with van der Waals surface area (Å²) in [5, 5.41) is 3.33. The first-order chi connectivity index (χ1) is 11.6. The first-order valence-electron chi connectivity index (χ1n) is 8.39. The van der Waals surface area contributed by atoms with E-state index in [0.29, 0.717) is 23.8 Å². The number of hydrogen-bond acceptors (Lipinski definition) is 4. The number of rotatable bonds is 9. The van der Waals surface area contributed by atoms with Gasteiger partial charge in [0.25, 0.3) is 0 Å². The summed E-state index contributed by atoms with van der Waals surface area (Å²) in [5.74, 6) is 2.79. The zero-order chi connectivity index (χ0) is 17.9. The fourth-order valence-corrected chi connectivity index (χ4v) is 2.36. The van der Waals surface area contributed by atoms with Crippen molar-refractivity contribution in [3.63, 3.8) is 0 Å². The van der Waals surface area contributed by atoms with Gasteiger partial charge in [-0.25, -0.2) is 4.99 Å². The van der Waals surface area contributed by atoms with Crippen LogP contribution in [0.1, 0.15) is 32.3 Å². The summed E-state index contributed by atoms with van der Waals surface area (Å²) in [6, 6.07) is 3.86. The van der Waals surface area contributed by atoms with E-state index in [0.717, 1.165) is 37.5 Å². The van der Waals surface area contributed by atoms with Gasteiger partial charge in [-0.1, -0.05) is 13.3 Å². The number of methoxy groups -OCH3 is 3. The summed E-state index contributed by atoms with van der Waals surface area (Å²) in [6.07, 6.45) is 2.31. The average Bonchev–Trinajstić information content (AvgIpc) is 2.61. The highest BCUT2D eigenvalue weighted by Crippen LogP contribution is 2.38. The van der Waals surface area contributed by atoms with Gasteiger partial charge in [-0.3, -0.25) is 0 Å². The molecule has 0 saturated heterocycles. The van der Waals surface area contributed by atoms with Gasteiger partial charge in [-0.05, 0) is 31.0 Å². The summed E-state index contributed by atoms with van der Waals surface area (Å²) in [5.41, 5.74) is 1.00. The Hall–Kier alpha value is -2.11. The average molecular weight is 337 g/mol. The van der Waals surface area contributed by atoms with E-state index in [-0.39, 0.29) is 0 Å². The van der Waals surface area contributed by atoms with E-state index in [2.05, 4.69) is 31.1 Å². The Morgan fingerprint density at radius 3 is 2.17 bits per heavy atom. The molecular formula is C18H31N3O3. The molecule has 1 rings (SSSR count). The third-order valence-electron chi connectivity index (χ3n) is 3.68. The van der Waals surface area contributed by atoms with Gasteiger partial charge in [0.1, 0.15) is 0 Å². The number of hydrogen-bond donors (Lipinski definition) is 1. The smallest absolute Gasteiger partial charge is 0.203 e. The van der Waals surface area contributed by atoms with Crippen LogP contribution in [0.15, 0.2) is 17.1 Å². The molecule has 0 aliphatic heterocycles. The van der Waals surface area contributed by atoms with E-state index in [1.54, 1.807) is 21.3 Å². The third-order valence-corrected chi connectivity index (χ3v) is 3.68. The molecule has 0 bridgehead atoms. The Kier molecular flexibility index (Phi) is 8.83. The van der Waals surface area contributed by atoms with Crippen molar-refractivity contribution in [3.8, 4) is 17.2 Å². The number of ether oxygens (including phenoxy) is 3. The molecule has 0 aromatic heterocycles. The van der Waals surface area contributed by atoms with Gasteiger partial charge in [-0.2, -0.15) is 0 Å².